The van der Waals surface area contributed by atoms with Crippen LogP contribution in [0.4, 0.5) is 0 Å². The molecule has 39 heteroatoms. The Morgan fingerprint density at radius 2 is 0.908 bits per heavy atom. The summed E-state index contributed by atoms with van der Waals surface area (Å²) in [6.07, 6.45) is 0.919. The number of nitrogens with zero attached hydrogens (tertiary/aromatic N) is 3. The minimum Gasteiger partial charge on any atom is -0.480 e. The van der Waals surface area contributed by atoms with Gasteiger partial charge in [0, 0.05) is 32.5 Å². The Balaban J connectivity index is 2.50. The van der Waals surface area contributed by atoms with Crippen LogP contribution in [-0.2, 0) is 78.3 Å². The molecule has 1 aromatic carbocycles. The van der Waals surface area contributed by atoms with Crippen LogP contribution in [0.15, 0.2) is 40.3 Å². The van der Waals surface area contributed by atoms with E-state index in [1.54, 1.807) is 78.1 Å². The standard InChI is InChI=1S/C70H119N21O17S/c1-11-39(8)55(73)67(106)91-28-17-22-52(91)66(105)89-48(32-38(6)7)63(102)90-51(35-92)65(104)82-42(20-15-26-78-69(74)75)57(96)85-47(31-37(4)5)62(101)87-49(33-41-18-13-12-14-19-41)64(103)83-43(23-24-53(71)93)58(97)88-50(34-54(72)94)60(99)80-40(9)56(95)81-44(25-29-109-10)59(98)86-46(30-36(2)3)61(100)84-45(68(107)108)21-16-27-79-70(76)77/h12-14,18-19,36-40,42-52,55,92H,11,15-17,20-35,73H2,1-10H3,(H2,71,93)(H2,72,94)(H,80,99)(H,81,95)(H,82,104)(H,83,103)(H,84,100)(H,85,96)(H,86,98)(H,87,101)(H,88,97)(H,89,105)(H,90,102)(H,107,108)(H4,74,75,78)(H4,76,77,79)/t39-,40-,42-,43-,44-,45-,46-,47-,48-,49-,50-,51-,52-,55-/m0/s1. The summed E-state index contributed by atoms with van der Waals surface area (Å²) in [4.78, 5) is 216. The van der Waals surface area contributed by atoms with Crippen LogP contribution in [0.25, 0.3) is 0 Å². The molecule has 27 N–H and O–H groups in total. The highest BCUT2D eigenvalue weighted by Crippen LogP contribution is 2.22. The number of hydrogen-bond donors (Lipinski definition) is 20. The van der Waals surface area contributed by atoms with Crippen molar-refractivity contribution in [2.45, 2.75) is 237 Å². The van der Waals surface area contributed by atoms with E-state index in [2.05, 4.69) is 68.5 Å². The molecule has 0 radical (unpaired) electrons. The molecular weight excluding hydrogens is 1440 g/mol. The summed E-state index contributed by atoms with van der Waals surface area (Å²) in [6, 6.07) is -10.3. The molecule has 14 atom stereocenters. The molecule has 1 saturated heterocycles. The number of nitrogens with one attached hydrogen (secondary N) is 11. The number of benzene rings is 1. The number of carboxylic acids is 1. The number of aliphatic carboxylic acids is 1. The van der Waals surface area contributed by atoms with Crippen molar-refractivity contribution in [2.75, 3.05) is 38.2 Å². The Hall–Kier alpha value is -9.92. The monoisotopic (exact) mass is 1560 g/mol. The van der Waals surface area contributed by atoms with Gasteiger partial charge in [-0.1, -0.05) is 92.1 Å². The zero-order valence-corrected chi connectivity index (χ0v) is 65.0. The van der Waals surface area contributed by atoms with E-state index in [1.807, 2.05) is 13.8 Å². The highest BCUT2D eigenvalue weighted by Gasteiger charge is 2.41. The first-order valence-corrected chi connectivity index (χ1v) is 38.1. The number of rotatable bonds is 51. The topological polar surface area (TPSA) is 639 Å². The normalized spacial score (nSPS) is 16.2. The molecule has 2 rings (SSSR count). The van der Waals surface area contributed by atoms with Crippen LogP contribution in [0.1, 0.15) is 158 Å². The molecule has 1 aliphatic rings. The highest BCUT2D eigenvalue weighted by atomic mass is 32.2. The van der Waals surface area contributed by atoms with E-state index in [0.717, 1.165) is 0 Å². The first-order chi connectivity index (χ1) is 51.2. The number of guanidine groups is 2. The van der Waals surface area contributed by atoms with Crippen LogP contribution < -0.4 is 98.6 Å². The fourth-order valence-corrected chi connectivity index (χ4v) is 12.0. The lowest BCUT2D eigenvalue weighted by Crippen LogP contribution is -2.61. The van der Waals surface area contributed by atoms with Crippen LogP contribution in [-0.4, -0.2) is 232 Å². The quantitative estimate of drug-likeness (QED) is 0.0165. The van der Waals surface area contributed by atoms with Crippen molar-refractivity contribution in [3.63, 3.8) is 0 Å². The van der Waals surface area contributed by atoms with Gasteiger partial charge in [0.05, 0.1) is 19.1 Å². The molecule has 14 amide bonds. The van der Waals surface area contributed by atoms with E-state index in [4.69, 9.17) is 40.1 Å². The molecule has 1 heterocycles. The summed E-state index contributed by atoms with van der Waals surface area (Å²) in [5.41, 5.74) is 39.7. The lowest BCUT2D eigenvalue weighted by atomic mass is 9.98. The molecule has 109 heavy (non-hydrogen) atoms. The first kappa shape index (κ1) is 95.2. The summed E-state index contributed by atoms with van der Waals surface area (Å²) in [5.74, 6) is -15.4. The van der Waals surface area contributed by atoms with Gasteiger partial charge in [0.1, 0.15) is 72.5 Å². The number of hydrogen-bond acceptors (Lipinski definition) is 20. The maximum absolute atomic E-state index is 14.7. The highest BCUT2D eigenvalue weighted by molar-refractivity contribution is 7.98. The lowest BCUT2D eigenvalue weighted by molar-refractivity contribution is -0.142. The maximum atomic E-state index is 14.7. The van der Waals surface area contributed by atoms with Gasteiger partial charge in [0.25, 0.3) is 0 Å². The predicted octanol–water partition coefficient (Wildman–Crippen LogP) is -4.84. The second kappa shape index (κ2) is 49.2. The van der Waals surface area contributed by atoms with E-state index in [0.29, 0.717) is 30.6 Å². The zero-order valence-electron chi connectivity index (χ0n) is 64.2. The second-order valence-electron chi connectivity index (χ2n) is 28.4. The number of carboxylic acid groups (broad SMARTS) is 1. The number of carbonyl (C=O) groups excluding carboxylic acids is 14. The van der Waals surface area contributed by atoms with Crippen molar-refractivity contribution in [1.82, 2.24) is 63.4 Å². The Labute approximate surface area is 640 Å². The third-order valence-electron chi connectivity index (χ3n) is 17.6. The average Bonchev–Trinajstić information content (AvgIpc) is 1.82. The van der Waals surface area contributed by atoms with Gasteiger partial charge >= 0.3 is 5.97 Å². The van der Waals surface area contributed by atoms with Gasteiger partial charge in [-0.05, 0) is 119 Å². The van der Waals surface area contributed by atoms with Gasteiger partial charge in [0.15, 0.2) is 11.9 Å². The van der Waals surface area contributed by atoms with E-state index in [9.17, 15) is 82.1 Å². The van der Waals surface area contributed by atoms with Crippen molar-refractivity contribution in [1.29, 1.82) is 0 Å². The van der Waals surface area contributed by atoms with Crippen LogP contribution in [0.5, 0.6) is 0 Å². The summed E-state index contributed by atoms with van der Waals surface area (Å²) < 4.78 is 0. The Morgan fingerprint density at radius 1 is 0.505 bits per heavy atom. The minimum atomic E-state index is -1.87. The van der Waals surface area contributed by atoms with E-state index >= 15 is 0 Å². The summed E-state index contributed by atoms with van der Waals surface area (Å²) in [5, 5.41) is 48.3. The summed E-state index contributed by atoms with van der Waals surface area (Å²) in [7, 11) is 0. The molecule has 0 spiro atoms. The predicted molar refractivity (Wildman–Crippen MR) is 407 cm³/mol. The molecule has 0 aromatic heterocycles. The molecule has 612 valence electrons. The third kappa shape index (κ3) is 35.8. The molecule has 0 bridgehead atoms. The van der Waals surface area contributed by atoms with Crippen LogP contribution in [0.3, 0.4) is 0 Å². The van der Waals surface area contributed by atoms with Crippen LogP contribution in [0, 0.1) is 23.7 Å². The van der Waals surface area contributed by atoms with Gasteiger partial charge in [0.2, 0.25) is 82.7 Å². The number of aliphatic imine (C=N–C) groups is 2. The maximum Gasteiger partial charge on any atom is 0.326 e. The Bertz CT molecular complexity index is 3290. The molecule has 0 aliphatic carbocycles. The van der Waals surface area contributed by atoms with Crippen molar-refractivity contribution in [2.24, 2.45) is 73.8 Å². The largest absolute Gasteiger partial charge is 0.480 e. The van der Waals surface area contributed by atoms with E-state index in [-0.39, 0.29) is 113 Å². The zero-order chi connectivity index (χ0) is 82.4. The fraction of sp³-hybridized carbons (Fsp3) is 0.671. The Kier molecular flexibility index (Phi) is 42.9. The number of aliphatic hydroxyl groups is 1. The average molecular weight is 1560 g/mol. The SMILES string of the molecule is CC[C@H](C)[C@H](N)C(=O)N1CCC[C@H]1C(=O)N[C@@H](CC(C)C)C(=O)N[C@@H](CO)C(=O)N[C@@H](CCCN=C(N)N)C(=O)N[C@@H](CC(C)C)C(=O)N[C@@H](Cc1ccccc1)C(=O)N[C@@H](CCC(N)=O)C(=O)N[C@@H](CC(N)=O)C(=O)N[C@@H](C)C(=O)N[C@@H](CCSC)C(=O)N[C@@H](CC(C)C)C(=O)N[C@@H](CCCN=C(N)N)C(=O)O. The molecule has 0 unspecified atom stereocenters. The van der Waals surface area contributed by atoms with Crippen molar-refractivity contribution in [3.8, 4) is 0 Å². The molecule has 1 fully saturated rings. The summed E-state index contributed by atoms with van der Waals surface area (Å²) >= 11 is 1.31. The molecule has 1 aromatic rings. The van der Waals surface area contributed by atoms with Crippen molar-refractivity contribution in [3.05, 3.63) is 35.9 Å². The second-order valence-corrected chi connectivity index (χ2v) is 29.4. The van der Waals surface area contributed by atoms with Crippen molar-refractivity contribution < 1.29 is 82.1 Å². The van der Waals surface area contributed by atoms with Gasteiger partial charge in [-0.2, -0.15) is 11.8 Å². The molecule has 38 nitrogen and oxygen atoms in total. The van der Waals surface area contributed by atoms with Gasteiger partial charge in [-0.25, -0.2) is 4.79 Å². The molecule has 1 aliphatic heterocycles. The number of nitrogens with two attached hydrogens (primary N) is 7. The number of aliphatic hydroxyl groups excluding tert-OH is 1. The lowest BCUT2D eigenvalue weighted by Gasteiger charge is -2.30. The van der Waals surface area contributed by atoms with Gasteiger partial charge in [-0.15, -0.1) is 0 Å². The smallest absolute Gasteiger partial charge is 0.326 e. The first-order valence-electron chi connectivity index (χ1n) is 36.7. The van der Waals surface area contributed by atoms with Crippen LogP contribution >= 0.6 is 11.8 Å². The van der Waals surface area contributed by atoms with Crippen LogP contribution in [0.2, 0.25) is 0 Å². The number of primary amides is 2. The van der Waals surface area contributed by atoms with E-state index < -0.39 is 193 Å². The van der Waals surface area contributed by atoms with Gasteiger partial charge < -0.3 is 114 Å². The number of likely N-dealkylation sites (tertiary alicyclic amines) is 1. The van der Waals surface area contributed by atoms with Gasteiger partial charge in [-0.3, -0.25) is 77.1 Å². The Morgan fingerprint density at radius 3 is 1.37 bits per heavy atom. The summed E-state index contributed by atoms with van der Waals surface area (Å²) in [6.45, 7) is 14.8. The van der Waals surface area contributed by atoms with Crippen molar-refractivity contribution >= 4 is 112 Å². The minimum absolute atomic E-state index is 0.000206. The van der Waals surface area contributed by atoms with E-state index in [1.165, 1.54) is 23.6 Å². The number of amides is 14. The number of carbonyl (C=O) groups is 15. The fourth-order valence-electron chi connectivity index (χ4n) is 11.5. The third-order valence-corrected chi connectivity index (χ3v) is 18.3. The molecular formula is C70H119N21O17S. The number of thioether (sulfide) groups is 1. The molecule has 0 saturated carbocycles.